The van der Waals surface area contributed by atoms with Gasteiger partial charge < -0.3 is 15.4 Å². The van der Waals surface area contributed by atoms with Crippen LogP contribution in [-0.4, -0.2) is 31.2 Å². The predicted molar refractivity (Wildman–Crippen MR) is 57.7 cm³/mol. The Morgan fingerprint density at radius 1 is 1.59 bits per heavy atom. The topological polar surface area (TPSA) is 136 Å². The number of aromatic nitrogens is 1. The lowest BCUT2D eigenvalue weighted by molar-refractivity contribution is -0.137. The minimum absolute atomic E-state index is 0.0126. The molecule has 1 aromatic rings. The third kappa shape index (κ3) is 3.43. The van der Waals surface area contributed by atoms with Crippen molar-refractivity contribution in [3.05, 3.63) is 5.76 Å². The summed E-state index contributed by atoms with van der Waals surface area (Å²) in [4.78, 5) is 10.0. The minimum atomic E-state index is -3.80. The zero-order valence-corrected chi connectivity index (χ0v) is 9.95. The van der Waals surface area contributed by atoms with Crippen LogP contribution >= 0.6 is 0 Å². The molecular formula is C8H13N3O5S. The molecule has 4 N–H and O–H groups in total. The molecular weight excluding hydrogens is 250 g/mol. The normalized spacial score (nSPS) is 11.6. The van der Waals surface area contributed by atoms with E-state index >= 15 is 0 Å². The molecule has 9 heteroatoms. The number of carboxylic acid groups (broad SMARTS) is 1. The zero-order valence-electron chi connectivity index (χ0n) is 9.13. The van der Waals surface area contributed by atoms with E-state index in [0.717, 1.165) is 0 Å². The number of aryl methyl sites for hydroxylation is 1. The molecule has 0 amide bonds. The van der Waals surface area contributed by atoms with Gasteiger partial charge in [0, 0.05) is 13.0 Å². The standard InChI is InChI=1S/C8H13N3O5S/c1-5-7(8(9)11-16-5)17(14,15)10-4-2-3-6(12)13/h10H,2-4H2,1H3,(H2,9,11)(H,12,13). The van der Waals surface area contributed by atoms with Crippen LogP contribution in [0.2, 0.25) is 0 Å². The first-order valence-corrected chi connectivity index (χ1v) is 6.26. The van der Waals surface area contributed by atoms with Gasteiger partial charge in [0.1, 0.15) is 0 Å². The molecule has 1 rings (SSSR count). The van der Waals surface area contributed by atoms with Crippen molar-refractivity contribution in [3.63, 3.8) is 0 Å². The van der Waals surface area contributed by atoms with Gasteiger partial charge in [-0.25, -0.2) is 13.1 Å². The minimum Gasteiger partial charge on any atom is -0.481 e. The Labute approximate surface area is 97.8 Å². The Bertz CT molecular complexity index is 488. The summed E-state index contributed by atoms with van der Waals surface area (Å²) in [6.45, 7) is 1.44. The molecule has 0 aliphatic carbocycles. The lowest BCUT2D eigenvalue weighted by atomic mass is 10.3. The van der Waals surface area contributed by atoms with Crippen molar-refractivity contribution in [3.8, 4) is 0 Å². The van der Waals surface area contributed by atoms with Gasteiger partial charge >= 0.3 is 5.97 Å². The molecule has 0 aliphatic heterocycles. The van der Waals surface area contributed by atoms with E-state index in [2.05, 4.69) is 14.4 Å². The van der Waals surface area contributed by atoms with Gasteiger partial charge in [-0.1, -0.05) is 5.16 Å². The van der Waals surface area contributed by atoms with Crippen molar-refractivity contribution >= 4 is 21.8 Å². The fourth-order valence-corrected chi connectivity index (χ4v) is 2.51. The summed E-state index contributed by atoms with van der Waals surface area (Å²) in [6, 6.07) is 0. The number of hydrogen-bond donors (Lipinski definition) is 3. The molecule has 1 heterocycles. The highest BCUT2D eigenvalue weighted by molar-refractivity contribution is 7.89. The van der Waals surface area contributed by atoms with Gasteiger partial charge in [0.15, 0.2) is 16.5 Å². The van der Waals surface area contributed by atoms with Gasteiger partial charge in [-0.15, -0.1) is 0 Å². The largest absolute Gasteiger partial charge is 0.481 e. The highest BCUT2D eigenvalue weighted by atomic mass is 32.2. The second kappa shape index (κ2) is 5.15. The van der Waals surface area contributed by atoms with E-state index in [-0.39, 0.29) is 35.9 Å². The summed E-state index contributed by atoms with van der Waals surface area (Å²) in [5, 5.41) is 11.7. The molecule has 0 atom stereocenters. The number of sulfonamides is 1. The van der Waals surface area contributed by atoms with Crippen molar-refractivity contribution < 1.29 is 22.8 Å². The van der Waals surface area contributed by atoms with Crippen LogP contribution in [0.15, 0.2) is 9.42 Å². The molecule has 0 aliphatic rings. The third-order valence-corrected chi connectivity index (χ3v) is 3.58. The van der Waals surface area contributed by atoms with Crippen molar-refractivity contribution in [2.45, 2.75) is 24.7 Å². The number of anilines is 1. The van der Waals surface area contributed by atoms with E-state index < -0.39 is 16.0 Å². The van der Waals surface area contributed by atoms with Crippen LogP contribution in [-0.2, 0) is 14.8 Å². The summed E-state index contributed by atoms with van der Waals surface area (Å²) in [6.07, 6.45) is 0.0828. The smallest absolute Gasteiger partial charge is 0.303 e. The van der Waals surface area contributed by atoms with Crippen LogP contribution in [0.3, 0.4) is 0 Å². The summed E-state index contributed by atoms with van der Waals surface area (Å²) in [5.41, 5.74) is 5.36. The lowest BCUT2D eigenvalue weighted by Gasteiger charge is -2.04. The molecule has 0 saturated carbocycles. The summed E-state index contributed by atoms with van der Waals surface area (Å²) >= 11 is 0. The Morgan fingerprint density at radius 2 is 2.24 bits per heavy atom. The van der Waals surface area contributed by atoms with E-state index in [1.807, 2.05) is 0 Å². The predicted octanol–water partition coefficient (Wildman–Crippen LogP) is -0.292. The van der Waals surface area contributed by atoms with Crippen LogP contribution in [0.5, 0.6) is 0 Å². The molecule has 0 radical (unpaired) electrons. The van der Waals surface area contributed by atoms with Gasteiger partial charge in [-0.2, -0.15) is 0 Å². The van der Waals surface area contributed by atoms with Crippen molar-refractivity contribution in [1.82, 2.24) is 9.88 Å². The van der Waals surface area contributed by atoms with Crippen LogP contribution in [0.4, 0.5) is 5.82 Å². The first kappa shape index (κ1) is 13.5. The molecule has 17 heavy (non-hydrogen) atoms. The molecule has 8 nitrogen and oxygen atoms in total. The second-order valence-corrected chi connectivity index (χ2v) is 5.05. The number of nitrogens with one attached hydrogen (secondary N) is 1. The fraction of sp³-hybridized carbons (Fsp3) is 0.500. The number of aliphatic carboxylic acids is 1. The molecule has 0 fully saturated rings. The Kier molecular flexibility index (Phi) is 4.07. The van der Waals surface area contributed by atoms with Gasteiger partial charge in [-0.3, -0.25) is 4.79 Å². The monoisotopic (exact) mass is 263 g/mol. The van der Waals surface area contributed by atoms with Crippen LogP contribution < -0.4 is 10.5 Å². The Hall–Kier alpha value is -1.61. The molecule has 0 aromatic carbocycles. The van der Waals surface area contributed by atoms with Crippen LogP contribution in [0.25, 0.3) is 0 Å². The molecule has 96 valence electrons. The zero-order chi connectivity index (χ0) is 13.1. The quantitative estimate of drug-likeness (QED) is 0.600. The highest BCUT2D eigenvalue weighted by Crippen LogP contribution is 2.20. The number of nitrogens with two attached hydrogens (primary N) is 1. The Balaban J connectivity index is 2.67. The van der Waals surface area contributed by atoms with E-state index in [4.69, 9.17) is 10.8 Å². The number of carboxylic acids is 1. The number of carbonyl (C=O) groups is 1. The van der Waals surface area contributed by atoms with Crippen molar-refractivity contribution in [2.75, 3.05) is 12.3 Å². The van der Waals surface area contributed by atoms with Crippen LogP contribution in [0, 0.1) is 6.92 Å². The first-order valence-electron chi connectivity index (χ1n) is 4.78. The fourth-order valence-electron chi connectivity index (χ4n) is 1.23. The van der Waals surface area contributed by atoms with E-state index in [0.29, 0.717) is 0 Å². The average molecular weight is 263 g/mol. The molecule has 0 bridgehead atoms. The van der Waals surface area contributed by atoms with E-state index in [9.17, 15) is 13.2 Å². The Morgan fingerprint density at radius 3 is 2.71 bits per heavy atom. The first-order chi connectivity index (χ1) is 7.84. The van der Waals surface area contributed by atoms with E-state index in [1.165, 1.54) is 6.92 Å². The average Bonchev–Trinajstić information content (AvgIpc) is 2.53. The summed E-state index contributed by atoms with van der Waals surface area (Å²) in [7, 11) is -3.80. The number of hydrogen-bond acceptors (Lipinski definition) is 6. The van der Waals surface area contributed by atoms with Crippen molar-refractivity contribution in [1.29, 1.82) is 0 Å². The maximum absolute atomic E-state index is 11.7. The molecule has 0 spiro atoms. The summed E-state index contributed by atoms with van der Waals surface area (Å²) in [5.74, 6) is -1.11. The molecule has 1 aromatic heterocycles. The van der Waals surface area contributed by atoms with Gasteiger partial charge in [0.05, 0.1) is 0 Å². The maximum Gasteiger partial charge on any atom is 0.303 e. The SMILES string of the molecule is Cc1onc(N)c1S(=O)(=O)NCCCC(=O)O. The molecule has 0 saturated heterocycles. The highest BCUT2D eigenvalue weighted by Gasteiger charge is 2.24. The molecule has 0 unspecified atom stereocenters. The third-order valence-electron chi connectivity index (χ3n) is 1.96. The van der Waals surface area contributed by atoms with Crippen LogP contribution in [0.1, 0.15) is 18.6 Å². The van der Waals surface area contributed by atoms with Gasteiger partial charge in [-0.05, 0) is 13.3 Å². The maximum atomic E-state index is 11.7. The number of nitrogens with zero attached hydrogens (tertiary/aromatic N) is 1. The second-order valence-electron chi connectivity index (χ2n) is 3.35. The van der Waals surface area contributed by atoms with Gasteiger partial charge in [0.25, 0.3) is 0 Å². The summed E-state index contributed by atoms with van der Waals surface area (Å²) < 4.78 is 30.3. The van der Waals surface area contributed by atoms with Crippen molar-refractivity contribution in [2.24, 2.45) is 0 Å². The van der Waals surface area contributed by atoms with E-state index in [1.54, 1.807) is 0 Å². The van der Waals surface area contributed by atoms with Gasteiger partial charge in [0.2, 0.25) is 10.0 Å². The lowest BCUT2D eigenvalue weighted by Crippen LogP contribution is -2.26. The number of rotatable bonds is 6. The number of nitrogen functional groups attached to an aromatic ring is 1.